The highest BCUT2D eigenvalue weighted by Gasteiger charge is 2.31. The van der Waals surface area contributed by atoms with Crippen LogP contribution in [0.2, 0.25) is 5.02 Å². The van der Waals surface area contributed by atoms with Crippen molar-refractivity contribution in [3.63, 3.8) is 0 Å². The first-order valence-electron chi connectivity index (χ1n) is 8.56. The minimum Gasteiger partial charge on any atom is -0.351 e. The van der Waals surface area contributed by atoms with Gasteiger partial charge in [0.15, 0.2) is 0 Å². The van der Waals surface area contributed by atoms with Crippen molar-refractivity contribution >= 4 is 40.2 Å². The Morgan fingerprint density at radius 2 is 2.04 bits per heavy atom. The maximum atomic E-state index is 12.6. The van der Waals surface area contributed by atoms with E-state index in [9.17, 15) is 4.79 Å². The van der Waals surface area contributed by atoms with E-state index < -0.39 is 0 Å². The Morgan fingerprint density at radius 3 is 2.85 bits per heavy atom. The highest BCUT2D eigenvalue weighted by atomic mass is 35.5. The zero-order chi connectivity index (χ0) is 17.9. The Morgan fingerprint density at radius 1 is 1.15 bits per heavy atom. The zero-order valence-electron chi connectivity index (χ0n) is 14.2. The maximum Gasteiger partial charge on any atom is 0.234 e. The summed E-state index contributed by atoms with van der Waals surface area (Å²) in [5, 5.41) is 7.96. The van der Waals surface area contributed by atoms with Crippen molar-refractivity contribution in [2.75, 3.05) is 13.1 Å². The number of nitrogens with one attached hydrogen (secondary N) is 1. The van der Waals surface area contributed by atoms with E-state index in [1.165, 1.54) is 15.3 Å². The van der Waals surface area contributed by atoms with E-state index in [-0.39, 0.29) is 11.9 Å². The van der Waals surface area contributed by atoms with E-state index in [1.54, 1.807) is 11.3 Å². The first-order valence-corrected chi connectivity index (χ1v) is 10.7. The number of fused-ring (bicyclic) bond motifs is 1. The summed E-state index contributed by atoms with van der Waals surface area (Å²) in [5.41, 5.74) is 2.29. The number of nitrogens with zero attached hydrogens (tertiary/aromatic N) is 1. The largest absolute Gasteiger partial charge is 0.351 e. The highest BCUT2D eigenvalue weighted by Crippen LogP contribution is 2.39. The van der Waals surface area contributed by atoms with E-state index in [2.05, 4.69) is 39.2 Å². The summed E-state index contributed by atoms with van der Waals surface area (Å²) < 4.78 is 0. The number of amides is 1. The van der Waals surface area contributed by atoms with Crippen molar-refractivity contribution in [2.24, 2.45) is 0 Å². The molecule has 0 spiro atoms. The lowest BCUT2D eigenvalue weighted by Crippen LogP contribution is -2.42. The average molecular weight is 403 g/mol. The third kappa shape index (κ3) is 3.71. The van der Waals surface area contributed by atoms with Crippen LogP contribution in [0.15, 0.2) is 53.2 Å². The zero-order valence-corrected chi connectivity index (χ0v) is 16.5. The van der Waals surface area contributed by atoms with Crippen LogP contribution in [0.4, 0.5) is 0 Å². The predicted octanol–water partition coefficient (Wildman–Crippen LogP) is 4.73. The lowest BCUT2D eigenvalue weighted by atomic mass is 9.98. The van der Waals surface area contributed by atoms with Crippen LogP contribution in [0, 0.1) is 0 Å². The smallest absolute Gasteiger partial charge is 0.234 e. The molecule has 4 rings (SSSR count). The number of halogens is 1. The van der Waals surface area contributed by atoms with Crippen molar-refractivity contribution < 1.29 is 4.79 Å². The summed E-state index contributed by atoms with van der Waals surface area (Å²) in [5.74, 6) is 0.0326. The quantitative estimate of drug-likeness (QED) is 0.669. The molecule has 3 heterocycles. The molecule has 1 amide bonds. The Kier molecular flexibility index (Phi) is 5.41. The number of hydrogen-bond acceptors (Lipinski definition) is 4. The molecule has 1 atom stereocenters. The van der Waals surface area contributed by atoms with Crippen molar-refractivity contribution in [1.29, 1.82) is 0 Å². The average Bonchev–Trinajstić information content (AvgIpc) is 3.32. The van der Waals surface area contributed by atoms with Crippen LogP contribution in [0.25, 0.3) is 0 Å². The molecule has 3 aromatic rings. The van der Waals surface area contributed by atoms with Crippen molar-refractivity contribution in [2.45, 2.75) is 19.0 Å². The van der Waals surface area contributed by atoms with E-state index in [1.807, 2.05) is 35.6 Å². The van der Waals surface area contributed by atoms with E-state index in [4.69, 9.17) is 11.6 Å². The van der Waals surface area contributed by atoms with Gasteiger partial charge < -0.3 is 5.32 Å². The number of carbonyl (C=O) groups is 1. The molecular formula is C20H19ClN2OS2. The maximum absolute atomic E-state index is 12.6. The SMILES string of the molecule is O=C(CN1CCc2sccc2C1c1cccs1)NCc1ccccc1Cl. The summed E-state index contributed by atoms with van der Waals surface area (Å²) in [6.45, 7) is 1.75. The summed E-state index contributed by atoms with van der Waals surface area (Å²) in [7, 11) is 0. The Hall–Kier alpha value is -1.66. The summed E-state index contributed by atoms with van der Waals surface area (Å²) >= 11 is 9.75. The van der Waals surface area contributed by atoms with Gasteiger partial charge in [-0.15, -0.1) is 22.7 Å². The lowest BCUT2D eigenvalue weighted by molar-refractivity contribution is -0.122. The van der Waals surface area contributed by atoms with Gasteiger partial charge in [0.2, 0.25) is 5.91 Å². The lowest BCUT2D eigenvalue weighted by Gasteiger charge is -2.34. The fourth-order valence-corrected chi connectivity index (χ4v) is 5.38. The van der Waals surface area contributed by atoms with Crippen LogP contribution in [-0.4, -0.2) is 23.9 Å². The van der Waals surface area contributed by atoms with Gasteiger partial charge in [-0.2, -0.15) is 0 Å². The van der Waals surface area contributed by atoms with Crippen LogP contribution >= 0.6 is 34.3 Å². The molecular weight excluding hydrogens is 384 g/mol. The fourth-order valence-electron chi connectivity index (χ4n) is 3.39. The Bertz CT molecular complexity index is 891. The van der Waals surface area contributed by atoms with Gasteiger partial charge in [-0.3, -0.25) is 9.69 Å². The molecule has 0 bridgehead atoms. The number of hydrogen-bond donors (Lipinski definition) is 1. The number of rotatable bonds is 5. The molecule has 1 unspecified atom stereocenters. The second-order valence-corrected chi connectivity index (χ2v) is 8.69. The minimum absolute atomic E-state index is 0.0326. The van der Waals surface area contributed by atoms with Gasteiger partial charge in [0.25, 0.3) is 0 Å². The molecule has 0 aliphatic carbocycles. The third-order valence-corrected chi connectivity index (χ3v) is 6.95. The molecule has 1 N–H and O–H groups in total. The number of carbonyl (C=O) groups excluding carboxylic acids is 1. The number of benzene rings is 1. The molecule has 26 heavy (non-hydrogen) atoms. The van der Waals surface area contributed by atoms with Gasteiger partial charge in [0, 0.05) is 27.9 Å². The van der Waals surface area contributed by atoms with Gasteiger partial charge in [-0.1, -0.05) is 35.9 Å². The fraction of sp³-hybridized carbons (Fsp3) is 0.250. The molecule has 1 aliphatic heterocycles. The van der Waals surface area contributed by atoms with Gasteiger partial charge in [0.1, 0.15) is 0 Å². The van der Waals surface area contributed by atoms with Crippen LogP contribution < -0.4 is 5.32 Å². The second kappa shape index (κ2) is 7.92. The topological polar surface area (TPSA) is 32.3 Å². The summed E-state index contributed by atoms with van der Waals surface area (Å²) in [6, 6.07) is 14.2. The molecule has 1 aliphatic rings. The van der Waals surface area contributed by atoms with Gasteiger partial charge in [0.05, 0.1) is 12.6 Å². The summed E-state index contributed by atoms with van der Waals surface area (Å²) in [4.78, 5) is 17.6. The standard InChI is InChI=1S/C20H19ClN2OS2/c21-16-5-2-1-4-14(16)12-22-19(24)13-23-9-7-17-15(8-11-26-17)20(23)18-6-3-10-25-18/h1-6,8,10-11,20H,7,9,12-13H2,(H,22,24). The third-order valence-electron chi connectivity index (χ3n) is 4.66. The first-order chi connectivity index (χ1) is 12.7. The summed E-state index contributed by atoms with van der Waals surface area (Å²) in [6.07, 6.45) is 1.01. The predicted molar refractivity (Wildman–Crippen MR) is 109 cm³/mol. The Labute approximate surface area is 166 Å². The van der Waals surface area contributed by atoms with Crippen molar-refractivity contribution in [3.8, 4) is 0 Å². The van der Waals surface area contributed by atoms with Crippen molar-refractivity contribution in [1.82, 2.24) is 10.2 Å². The molecule has 0 radical (unpaired) electrons. The van der Waals surface area contributed by atoms with Crippen molar-refractivity contribution in [3.05, 3.63) is 79.1 Å². The first kappa shape index (κ1) is 17.7. The van der Waals surface area contributed by atoms with Gasteiger partial charge >= 0.3 is 0 Å². The highest BCUT2D eigenvalue weighted by molar-refractivity contribution is 7.10. The monoisotopic (exact) mass is 402 g/mol. The molecule has 0 saturated heterocycles. The second-order valence-electron chi connectivity index (χ2n) is 6.31. The molecule has 1 aromatic carbocycles. The van der Waals surface area contributed by atoms with Crippen LogP contribution in [0.5, 0.6) is 0 Å². The molecule has 0 saturated carbocycles. The molecule has 6 heteroatoms. The van der Waals surface area contributed by atoms with E-state index >= 15 is 0 Å². The Balaban J connectivity index is 1.46. The van der Waals surface area contributed by atoms with Gasteiger partial charge in [-0.05, 0) is 46.5 Å². The van der Waals surface area contributed by atoms with Crippen LogP contribution in [-0.2, 0) is 17.8 Å². The van der Waals surface area contributed by atoms with Crippen LogP contribution in [0.3, 0.4) is 0 Å². The minimum atomic E-state index is 0.0326. The molecule has 3 nitrogen and oxygen atoms in total. The molecule has 134 valence electrons. The molecule has 2 aromatic heterocycles. The van der Waals surface area contributed by atoms with Gasteiger partial charge in [-0.25, -0.2) is 0 Å². The van der Waals surface area contributed by atoms with Crippen LogP contribution in [0.1, 0.15) is 26.9 Å². The normalized spacial score (nSPS) is 17.0. The number of thiophene rings is 2. The van der Waals surface area contributed by atoms with E-state index in [0.717, 1.165) is 18.5 Å². The molecule has 0 fully saturated rings. The van der Waals surface area contributed by atoms with E-state index in [0.29, 0.717) is 18.1 Å².